The number of aromatic nitrogens is 1. The first-order chi connectivity index (χ1) is 12.1. The number of carbonyl (C=O) groups is 1. The van der Waals surface area contributed by atoms with Gasteiger partial charge in [-0.15, -0.1) is 0 Å². The second-order valence-corrected chi connectivity index (χ2v) is 6.22. The number of hydrogen-bond acceptors (Lipinski definition) is 4. The smallest absolute Gasteiger partial charge is 0.259 e. The fourth-order valence-corrected chi connectivity index (χ4v) is 3.24. The summed E-state index contributed by atoms with van der Waals surface area (Å²) in [6.45, 7) is 0.725. The van der Waals surface area contributed by atoms with E-state index in [0.717, 1.165) is 0 Å². The topological polar surface area (TPSA) is 62.7 Å². The molecule has 1 aliphatic heterocycles. The van der Waals surface area contributed by atoms with Crippen LogP contribution in [-0.4, -0.2) is 47.2 Å². The number of nitrogens with zero attached hydrogens (tertiary/aromatic N) is 2. The van der Waals surface area contributed by atoms with Crippen LogP contribution >= 0.6 is 0 Å². The summed E-state index contributed by atoms with van der Waals surface area (Å²) in [5.74, 6) is -0.270. The van der Waals surface area contributed by atoms with E-state index in [-0.39, 0.29) is 30.1 Å². The van der Waals surface area contributed by atoms with Gasteiger partial charge in [0.1, 0.15) is 11.4 Å². The van der Waals surface area contributed by atoms with Gasteiger partial charge in [-0.25, -0.2) is 9.37 Å². The van der Waals surface area contributed by atoms with Crippen LogP contribution < -0.4 is 4.74 Å². The van der Waals surface area contributed by atoms with Crippen molar-refractivity contribution in [1.29, 1.82) is 0 Å². The predicted molar refractivity (Wildman–Crippen MR) is 90.9 cm³/mol. The number of amides is 1. The van der Waals surface area contributed by atoms with Gasteiger partial charge in [0, 0.05) is 19.3 Å². The Morgan fingerprint density at radius 2 is 2.16 bits per heavy atom. The molecule has 1 saturated heterocycles. The largest absolute Gasteiger partial charge is 0.480 e. The number of methoxy groups -OCH3 is 1. The van der Waals surface area contributed by atoms with E-state index in [2.05, 4.69) is 4.98 Å². The van der Waals surface area contributed by atoms with E-state index in [9.17, 15) is 14.3 Å². The van der Waals surface area contributed by atoms with Crippen molar-refractivity contribution in [3.05, 3.63) is 59.5 Å². The molecule has 2 aromatic rings. The maximum atomic E-state index is 13.8. The Morgan fingerprint density at radius 1 is 1.36 bits per heavy atom. The molecule has 0 unspecified atom stereocenters. The first kappa shape index (κ1) is 17.4. The zero-order valence-electron chi connectivity index (χ0n) is 14.1. The normalized spacial score (nSPS) is 20.4. The average Bonchev–Trinajstić information content (AvgIpc) is 2.64. The van der Waals surface area contributed by atoms with Crippen LogP contribution in [0.15, 0.2) is 42.6 Å². The monoisotopic (exact) mass is 344 g/mol. The Labute approximate surface area is 146 Å². The zero-order valence-corrected chi connectivity index (χ0v) is 14.1. The lowest BCUT2D eigenvalue weighted by molar-refractivity contribution is 0.0194. The van der Waals surface area contributed by atoms with Crippen molar-refractivity contribution in [2.45, 2.75) is 18.9 Å². The molecule has 2 atom stereocenters. The maximum Gasteiger partial charge on any atom is 0.259 e. The molecule has 1 aromatic carbocycles. The summed E-state index contributed by atoms with van der Waals surface area (Å²) in [5, 5.41) is 10.5. The highest BCUT2D eigenvalue weighted by Gasteiger charge is 2.32. The minimum Gasteiger partial charge on any atom is -0.480 e. The molecule has 1 aromatic heterocycles. The number of piperidine rings is 1. The average molecular weight is 344 g/mol. The third kappa shape index (κ3) is 3.79. The molecule has 1 fully saturated rings. The first-order valence-electron chi connectivity index (χ1n) is 8.30. The Morgan fingerprint density at radius 3 is 2.88 bits per heavy atom. The lowest BCUT2D eigenvalue weighted by atomic mass is 9.87. The van der Waals surface area contributed by atoms with Gasteiger partial charge in [-0.3, -0.25) is 4.79 Å². The van der Waals surface area contributed by atoms with Gasteiger partial charge in [0.15, 0.2) is 0 Å². The van der Waals surface area contributed by atoms with Gasteiger partial charge >= 0.3 is 0 Å². The lowest BCUT2D eigenvalue weighted by Crippen LogP contribution is -2.47. The van der Waals surface area contributed by atoms with Crippen molar-refractivity contribution in [2.24, 2.45) is 5.92 Å². The van der Waals surface area contributed by atoms with E-state index in [4.69, 9.17) is 4.74 Å². The molecule has 1 N–H and O–H groups in total. The SMILES string of the molecule is COc1ncccc1C(=O)N1CC[C@H](Cc2ccccc2F)[C@H](O)C1. The minimum atomic E-state index is -0.694. The van der Waals surface area contributed by atoms with Gasteiger partial charge in [-0.2, -0.15) is 0 Å². The van der Waals surface area contributed by atoms with Crippen LogP contribution in [0.4, 0.5) is 4.39 Å². The van der Waals surface area contributed by atoms with E-state index < -0.39 is 6.10 Å². The van der Waals surface area contributed by atoms with Gasteiger partial charge < -0.3 is 14.7 Å². The van der Waals surface area contributed by atoms with Gasteiger partial charge in [-0.1, -0.05) is 18.2 Å². The van der Waals surface area contributed by atoms with Crippen LogP contribution in [-0.2, 0) is 6.42 Å². The summed E-state index contributed by atoms with van der Waals surface area (Å²) in [6, 6.07) is 9.94. The third-order valence-corrected chi connectivity index (χ3v) is 4.64. The van der Waals surface area contributed by atoms with Crippen molar-refractivity contribution < 1.29 is 19.0 Å². The molecule has 0 bridgehead atoms. The van der Waals surface area contributed by atoms with Crippen LogP contribution in [0, 0.1) is 11.7 Å². The maximum absolute atomic E-state index is 13.8. The van der Waals surface area contributed by atoms with Gasteiger partial charge in [0.2, 0.25) is 5.88 Å². The van der Waals surface area contributed by atoms with E-state index >= 15 is 0 Å². The van der Waals surface area contributed by atoms with E-state index in [1.165, 1.54) is 13.2 Å². The number of ether oxygens (including phenoxy) is 1. The molecule has 25 heavy (non-hydrogen) atoms. The molecule has 6 heteroatoms. The Kier molecular flexibility index (Phi) is 5.28. The summed E-state index contributed by atoms with van der Waals surface area (Å²) in [6.07, 6.45) is 1.95. The van der Waals surface area contributed by atoms with Crippen LogP contribution in [0.3, 0.4) is 0 Å². The number of pyridine rings is 1. The number of aliphatic hydroxyl groups excluding tert-OH is 1. The quantitative estimate of drug-likeness (QED) is 0.924. The lowest BCUT2D eigenvalue weighted by Gasteiger charge is -2.36. The Balaban J connectivity index is 1.67. The van der Waals surface area contributed by atoms with Crippen LogP contribution in [0.5, 0.6) is 5.88 Å². The van der Waals surface area contributed by atoms with E-state index in [0.29, 0.717) is 30.5 Å². The number of likely N-dealkylation sites (tertiary alicyclic amines) is 1. The van der Waals surface area contributed by atoms with Crippen molar-refractivity contribution in [3.8, 4) is 5.88 Å². The summed E-state index contributed by atoms with van der Waals surface area (Å²) in [5.41, 5.74) is 0.977. The molecule has 1 amide bonds. The molecule has 0 aliphatic carbocycles. The van der Waals surface area contributed by atoms with Crippen LogP contribution in [0.25, 0.3) is 0 Å². The molecule has 2 heterocycles. The molecule has 132 valence electrons. The molecule has 5 nitrogen and oxygen atoms in total. The van der Waals surface area contributed by atoms with E-state index in [1.54, 1.807) is 41.4 Å². The predicted octanol–water partition coefficient (Wildman–Crippen LogP) is 2.29. The Hall–Kier alpha value is -2.47. The van der Waals surface area contributed by atoms with Crippen molar-refractivity contribution in [2.75, 3.05) is 20.2 Å². The fraction of sp³-hybridized carbons (Fsp3) is 0.368. The number of halogens is 1. The molecular formula is C19H21FN2O3. The van der Waals surface area contributed by atoms with Crippen LogP contribution in [0.2, 0.25) is 0 Å². The van der Waals surface area contributed by atoms with Crippen molar-refractivity contribution in [3.63, 3.8) is 0 Å². The number of carbonyl (C=O) groups excluding carboxylic acids is 1. The first-order valence-corrected chi connectivity index (χ1v) is 8.30. The van der Waals surface area contributed by atoms with E-state index in [1.807, 2.05) is 0 Å². The number of benzene rings is 1. The fourth-order valence-electron chi connectivity index (χ4n) is 3.24. The highest BCUT2D eigenvalue weighted by Crippen LogP contribution is 2.25. The number of rotatable bonds is 4. The number of aliphatic hydroxyl groups is 1. The van der Waals surface area contributed by atoms with Crippen molar-refractivity contribution in [1.82, 2.24) is 9.88 Å². The third-order valence-electron chi connectivity index (χ3n) is 4.64. The summed E-state index contributed by atoms with van der Waals surface area (Å²) in [7, 11) is 1.47. The molecule has 0 saturated carbocycles. The molecule has 0 radical (unpaired) electrons. The zero-order chi connectivity index (χ0) is 17.8. The standard InChI is InChI=1S/C19H21FN2O3/c1-25-18-15(6-4-9-21-18)19(24)22-10-8-14(17(23)12-22)11-13-5-2-3-7-16(13)20/h2-7,9,14,17,23H,8,10-12H2,1H3/t14-,17-/m1/s1. The minimum absolute atomic E-state index is 0.0725. The molecule has 0 spiro atoms. The van der Waals surface area contributed by atoms with Gasteiger partial charge in [-0.05, 0) is 42.5 Å². The summed E-state index contributed by atoms with van der Waals surface area (Å²) < 4.78 is 18.9. The second kappa shape index (κ2) is 7.61. The molecular weight excluding hydrogens is 323 g/mol. The molecule has 1 aliphatic rings. The van der Waals surface area contributed by atoms with Gasteiger partial charge in [0.05, 0.1) is 13.2 Å². The highest BCUT2D eigenvalue weighted by atomic mass is 19.1. The second-order valence-electron chi connectivity index (χ2n) is 6.22. The highest BCUT2D eigenvalue weighted by molar-refractivity contribution is 5.96. The van der Waals surface area contributed by atoms with Gasteiger partial charge in [0.25, 0.3) is 5.91 Å². The Bertz CT molecular complexity index is 753. The molecule has 3 rings (SSSR count). The summed E-state index contributed by atoms with van der Waals surface area (Å²) >= 11 is 0. The number of hydrogen-bond donors (Lipinski definition) is 1. The van der Waals surface area contributed by atoms with Crippen LogP contribution in [0.1, 0.15) is 22.3 Å². The summed E-state index contributed by atoms with van der Waals surface area (Å²) in [4.78, 5) is 18.3. The number of β-amino-alcohol motifs (C(OH)–C–C–N with tert-alkyl or cyclic N) is 1. The van der Waals surface area contributed by atoms with Crippen molar-refractivity contribution >= 4 is 5.91 Å².